The summed E-state index contributed by atoms with van der Waals surface area (Å²) in [4.78, 5) is 12.6. The predicted octanol–water partition coefficient (Wildman–Crippen LogP) is 2.51. The van der Waals surface area contributed by atoms with Gasteiger partial charge in [-0.3, -0.25) is 4.79 Å². The average Bonchev–Trinajstić information content (AvgIpc) is 3.35. The monoisotopic (exact) mass is 529 g/mol. The highest BCUT2D eigenvalue weighted by Crippen LogP contribution is 2.27. The van der Waals surface area contributed by atoms with E-state index in [1.807, 2.05) is 0 Å². The number of nitrogens with one attached hydrogen (secondary N) is 2. The Labute approximate surface area is 205 Å². The molecule has 0 spiro atoms. The molecule has 12 heteroatoms. The Morgan fingerprint density at radius 3 is 2.26 bits per heavy atom. The summed E-state index contributed by atoms with van der Waals surface area (Å²) in [6.45, 7) is 4.76. The fourth-order valence-corrected chi connectivity index (χ4v) is 6.52. The molecule has 0 bridgehead atoms. The maximum atomic E-state index is 12.6. The zero-order valence-electron chi connectivity index (χ0n) is 19.0. The molecule has 2 N–H and O–H groups in total. The van der Waals surface area contributed by atoms with Gasteiger partial charge in [0.05, 0.1) is 27.5 Å². The predicted molar refractivity (Wildman–Crippen MR) is 129 cm³/mol. The van der Waals surface area contributed by atoms with Gasteiger partial charge in [0.25, 0.3) is 0 Å². The Balaban J connectivity index is 1.58. The number of carbonyl (C=O) groups is 1. The van der Waals surface area contributed by atoms with Gasteiger partial charge >= 0.3 is 0 Å². The molecular weight excluding hydrogens is 502 g/mol. The minimum Gasteiger partial charge on any atom is -0.492 e. The Hall–Kier alpha value is -2.18. The van der Waals surface area contributed by atoms with Crippen molar-refractivity contribution < 1.29 is 26.4 Å². The molecule has 1 atom stereocenters. The number of carbonyl (C=O) groups excluding carboxylic acids is 1. The molecule has 0 radical (unpaired) electrons. The van der Waals surface area contributed by atoms with Gasteiger partial charge in [0.2, 0.25) is 26.0 Å². The van der Waals surface area contributed by atoms with Crippen LogP contribution < -0.4 is 14.8 Å². The van der Waals surface area contributed by atoms with E-state index in [0.29, 0.717) is 31.0 Å². The molecular formula is C22H28ClN3O6S2. The largest absolute Gasteiger partial charge is 0.492 e. The average molecular weight is 530 g/mol. The fraction of sp³-hybridized carbons (Fsp3) is 0.409. The van der Waals surface area contributed by atoms with Crippen molar-refractivity contribution in [1.82, 2.24) is 14.3 Å². The lowest BCUT2D eigenvalue weighted by Crippen LogP contribution is -2.44. The zero-order chi connectivity index (χ0) is 24.9. The number of amides is 1. The molecule has 1 fully saturated rings. The standard InChI is InChI=1S/C22H28ClN3O6S2/c1-3-32-21-11-10-19(14-20(21)23)33(28,29)25-16(2)22(27)24-15-17-6-8-18(9-7-17)34(30,31)26-12-4-5-13-26/h6-11,14,16,25H,3-5,12-13,15H2,1-2H3,(H,24,27). The first-order chi connectivity index (χ1) is 16.0. The van der Waals surface area contributed by atoms with Gasteiger partial charge in [0.15, 0.2) is 0 Å². The molecule has 34 heavy (non-hydrogen) atoms. The fourth-order valence-electron chi connectivity index (χ4n) is 3.47. The van der Waals surface area contributed by atoms with Gasteiger partial charge in [-0.2, -0.15) is 9.03 Å². The third kappa shape index (κ3) is 6.28. The van der Waals surface area contributed by atoms with E-state index in [9.17, 15) is 21.6 Å². The van der Waals surface area contributed by atoms with Gasteiger partial charge in [-0.05, 0) is 62.6 Å². The van der Waals surface area contributed by atoms with E-state index >= 15 is 0 Å². The molecule has 1 aliphatic heterocycles. The topological polar surface area (TPSA) is 122 Å². The van der Waals surface area contributed by atoms with Crippen LogP contribution in [0.1, 0.15) is 32.3 Å². The molecule has 1 aliphatic rings. The van der Waals surface area contributed by atoms with Gasteiger partial charge in [0, 0.05) is 19.6 Å². The van der Waals surface area contributed by atoms with Crippen molar-refractivity contribution >= 4 is 37.6 Å². The van der Waals surface area contributed by atoms with Crippen LogP contribution in [0.15, 0.2) is 52.3 Å². The second-order valence-electron chi connectivity index (χ2n) is 7.84. The number of halogens is 1. The minimum absolute atomic E-state index is 0.0876. The lowest BCUT2D eigenvalue weighted by atomic mass is 10.2. The van der Waals surface area contributed by atoms with Crippen molar-refractivity contribution in [3.63, 3.8) is 0 Å². The van der Waals surface area contributed by atoms with Gasteiger partial charge in [-0.15, -0.1) is 0 Å². The Bertz CT molecular complexity index is 1230. The molecule has 1 heterocycles. The van der Waals surface area contributed by atoms with Gasteiger partial charge in [-0.1, -0.05) is 23.7 Å². The van der Waals surface area contributed by atoms with E-state index in [2.05, 4.69) is 10.0 Å². The van der Waals surface area contributed by atoms with Crippen LogP contribution in [0.5, 0.6) is 5.75 Å². The second kappa shape index (κ2) is 11.0. The molecule has 0 saturated carbocycles. The highest BCUT2D eigenvalue weighted by Gasteiger charge is 2.27. The van der Waals surface area contributed by atoms with Crippen LogP contribution in [0.25, 0.3) is 0 Å². The van der Waals surface area contributed by atoms with Crippen molar-refractivity contribution in [3.05, 3.63) is 53.1 Å². The second-order valence-corrected chi connectivity index (χ2v) is 11.9. The van der Waals surface area contributed by atoms with Crippen molar-refractivity contribution in [2.45, 2.75) is 49.1 Å². The number of ether oxygens (including phenoxy) is 1. The summed E-state index contributed by atoms with van der Waals surface area (Å²) in [5, 5.41) is 2.80. The third-order valence-electron chi connectivity index (χ3n) is 5.33. The first-order valence-electron chi connectivity index (χ1n) is 10.9. The number of sulfonamides is 2. The summed E-state index contributed by atoms with van der Waals surface area (Å²) >= 11 is 6.07. The van der Waals surface area contributed by atoms with Crippen LogP contribution in [-0.4, -0.2) is 52.8 Å². The summed E-state index contributed by atoms with van der Waals surface area (Å²) in [6, 6.07) is 9.29. The van der Waals surface area contributed by atoms with Gasteiger partial charge in [-0.25, -0.2) is 16.8 Å². The van der Waals surface area contributed by atoms with Crippen LogP contribution in [0, 0.1) is 0 Å². The first kappa shape index (κ1) is 26.4. The molecule has 1 amide bonds. The Morgan fingerprint density at radius 2 is 1.68 bits per heavy atom. The van der Waals surface area contributed by atoms with Crippen LogP contribution in [0.2, 0.25) is 5.02 Å². The summed E-state index contributed by atoms with van der Waals surface area (Å²) in [6.07, 6.45) is 1.72. The lowest BCUT2D eigenvalue weighted by molar-refractivity contribution is -0.122. The van der Waals surface area contributed by atoms with Crippen LogP contribution >= 0.6 is 11.6 Å². The Morgan fingerprint density at radius 1 is 1.06 bits per heavy atom. The quantitative estimate of drug-likeness (QED) is 0.487. The molecule has 2 aromatic carbocycles. The van der Waals surface area contributed by atoms with Crippen molar-refractivity contribution in [2.24, 2.45) is 0 Å². The molecule has 1 unspecified atom stereocenters. The summed E-state index contributed by atoms with van der Waals surface area (Å²) in [5.74, 6) is -0.164. The van der Waals surface area contributed by atoms with Crippen molar-refractivity contribution in [1.29, 1.82) is 0 Å². The summed E-state index contributed by atoms with van der Waals surface area (Å²) in [5.41, 5.74) is 0.682. The zero-order valence-corrected chi connectivity index (χ0v) is 21.3. The van der Waals surface area contributed by atoms with E-state index < -0.39 is 32.0 Å². The highest BCUT2D eigenvalue weighted by molar-refractivity contribution is 7.89. The van der Waals surface area contributed by atoms with Crippen molar-refractivity contribution in [2.75, 3.05) is 19.7 Å². The van der Waals surface area contributed by atoms with E-state index in [0.717, 1.165) is 12.8 Å². The van der Waals surface area contributed by atoms with E-state index in [-0.39, 0.29) is 21.4 Å². The smallest absolute Gasteiger partial charge is 0.243 e. The first-order valence-corrected chi connectivity index (χ1v) is 14.2. The number of hydrogen-bond donors (Lipinski definition) is 2. The number of nitrogens with zero attached hydrogens (tertiary/aromatic N) is 1. The molecule has 0 aliphatic carbocycles. The maximum Gasteiger partial charge on any atom is 0.243 e. The van der Waals surface area contributed by atoms with E-state index in [4.69, 9.17) is 16.3 Å². The molecule has 1 saturated heterocycles. The molecule has 0 aromatic heterocycles. The molecule has 2 aromatic rings. The summed E-state index contributed by atoms with van der Waals surface area (Å²) < 4.78 is 59.6. The summed E-state index contributed by atoms with van der Waals surface area (Å²) in [7, 11) is -7.50. The van der Waals surface area contributed by atoms with Crippen molar-refractivity contribution in [3.8, 4) is 5.75 Å². The number of benzene rings is 2. The number of rotatable bonds is 10. The molecule has 3 rings (SSSR count). The van der Waals surface area contributed by atoms with Crippen LogP contribution in [0.4, 0.5) is 0 Å². The Kier molecular flexibility index (Phi) is 8.58. The molecule has 186 valence electrons. The minimum atomic E-state index is -3.99. The SMILES string of the molecule is CCOc1ccc(S(=O)(=O)NC(C)C(=O)NCc2ccc(S(=O)(=O)N3CCCC3)cc2)cc1Cl. The van der Waals surface area contributed by atoms with Gasteiger partial charge < -0.3 is 10.1 Å². The number of hydrogen-bond acceptors (Lipinski definition) is 6. The molecule has 9 nitrogen and oxygen atoms in total. The lowest BCUT2D eigenvalue weighted by Gasteiger charge is -2.16. The van der Waals surface area contributed by atoms with E-state index in [1.54, 1.807) is 19.1 Å². The normalized spacial score (nSPS) is 15.7. The third-order valence-corrected chi connectivity index (χ3v) is 9.08. The maximum absolute atomic E-state index is 12.6. The van der Waals surface area contributed by atoms with Crippen LogP contribution in [0.3, 0.4) is 0 Å². The van der Waals surface area contributed by atoms with Crippen LogP contribution in [-0.2, 0) is 31.4 Å². The van der Waals surface area contributed by atoms with Gasteiger partial charge in [0.1, 0.15) is 5.75 Å². The van der Waals surface area contributed by atoms with E-state index in [1.165, 1.54) is 41.6 Å². The highest BCUT2D eigenvalue weighted by atomic mass is 35.5.